The lowest BCUT2D eigenvalue weighted by Gasteiger charge is -2.08. The number of rotatable bonds is 1. The monoisotopic (exact) mass is 242 g/mol. The molecule has 17 heavy (non-hydrogen) atoms. The third-order valence-corrected chi connectivity index (χ3v) is 3.51. The number of ketones is 1. The van der Waals surface area contributed by atoms with Gasteiger partial charge in [-0.25, -0.2) is 0 Å². The van der Waals surface area contributed by atoms with E-state index in [4.69, 9.17) is 11.6 Å². The van der Waals surface area contributed by atoms with Gasteiger partial charge >= 0.3 is 0 Å². The molecule has 0 aromatic heterocycles. The van der Waals surface area contributed by atoms with Gasteiger partial charge in [0, 0.05) is 10.6 Å². The summed E-state index contributed by atoms with van der Waals surface area (Å²) < 4.78 is 0. The number of halogens is 1. The lowest BCUT2D eigenvalue weighted by Crippen LogP contribution is -2.06. The minimum Gasteiger partial charge on any atom is -0.293 e. The summed E-state index contributed by atoms with van der Waals surface area (Å²) in [5.41, 5.74) is 3.01. The maximum Gasteiger partial charge on any atom is 0.170 e. The highest BCUT2D eigenvalue weighted by atomic mass is 35.5. The number of carbonyl (C=O) groups excluding carboxylic acids is 1. The fraction of sp³-hybridized carbons (Fsp3) is 0.133. The fourth-order valence-electron chi connectivity index (χ4n) is 2.43. The predicted molar refractivity (Wildman–Crippen MR) is 68.7 cm³/mol. The zero-order valence-corrected chi connectivity index (χ0v) is 9.95. The molecule has 1 nitrogen and oxygen atoms in total. The highest BCUT2D eigenvalue weighted by molar-refractivity contribution is 6.30. The van der Waals surface area contributed by atoms with Crippen molar-refractivity contribution in [1.29, 1.82) is 0 Å². The van der Waals surface area contributed by atoms with Crippen LogP contribution in [0.4, 0.5) is 0 Å². The normalized spacial score (nSPS) is 18.2. The van der Waals surface area contributed by atoms with E-state index in [2.05, 4.69) is 0 Å². The van der Waals surface area contributed by atoms with E-state index in [1.54, 1.807) is 0 Å². The third kappa shape index (κ3) is 1.77. The number of fused-ring (bicyclic) bond motifs is 1. The summed E-state index contributed by atoms with van der Waals surface area (Å²) in [7, 11) is 0. The molecular weight excluding hydrogens is 232 g/mol. The molecule has 1 aliphatic carbocycles. The van der Waals surface area contributed by atoms with Crippen molar-refractivity contribution in [2.45, 2.75) is 12.3 Å². The van der Waals surface area contributed by atoms with Crippen molar-refractivity contribution in [3.05, 3.63) is 70.2 Å². The number of carbonyl (C=O) groups is 1. The average molecular weight is 243 g/mol. The molecule has 3 rings (SSSR count). The largest absolute Gasteiger partial charge is 0.293 e. The van der Waals surface area contributed by atoms with Gasteiger partial charge in [0.2, 0.25) is 0 Å². The third-order valence-electron chi connectivity index (χ3n) is 3.27. The van der Waals surface area contributed by atoms with Gasteiger partial charge in [-0.3, -0.25) is 4.79 Å². The van der Waals surface area contributed by atoms with Crippen molar-refractivity contribution < 1.29 is 4.79 Å². The highest BCUT2D eigenvalue weighted by Crippen LogP contribution is 2.34. The zero-order chi connectivity index (χ0) is 11.8. The minimum absolute atomic E-state index is 0.0638. The molecule has 1 unspecified atom stereocenters. The van der Waals surface area contributed by atoms with Crippen LogP contribution in [0.3, 0.4) is 0 Å². The lowest BCUT2D eigenvalue weighted by atomic mass is 9.95. The van der Waals surface area contributed by atoms with Crippen molar-refractivity contribution in [3.8, 4) is 0 Å². The molecule has 0 spiro atoms. The van der Waals surface area contributed by atoms with Crippen LogP contribution < -0.4 is 0 Å². The maximum atomic E-state index is 12.3. The molecule has 1 aliphatic rings. The fourth-order valence-corrected chi connectivity index (χ4v) is 2.63. The van der Waals surface area contributed by atoms with Crippen LogP contribution >= 0.6 is 11.6 Å². The van der Waals surface area contributed by atoms with Crippen molar-refractivity contribution in [3.63, 3.8) is 0 Å². The summed E-state index contributed by atoms with van der Waals surface area (Å²) >= 11 is 5.97. The molecule has 0 N–H and O–H groups in total. The smallest absolute Gasteiger partial charge is 0.170 e. The Labute approximate surface area is 105 Å². The Hall–Kier alpha value is -1.60. The van der Waals surface area contributed by atoms with Crippen LogP contribution in [0.1, 0.15) is 27.4 Å². The Morgan fingerprint density at radius 2 is 1.88 bits per heavy atom. The van der Waals surface area contributed by atoms with Gasteiger partial charge in [0.05, 0.1) is 5.92 Å². The Kier molecular flexibility index (Phi) is 2.49. The van der Waals surface area contributed by atoms with Crippen LogP contribution in [0.15, 0.2) is 48.5 Å². The van der Waals surface area contributed by atoms with Gasteiger partial charge in [-0.15, -0.1) is 0 Å². The second kappa shape index (κ2) is 4.01. The molecular formula is C15H11ClO. The van der Waals surface area contributed by atoms with E-state index >= 15 is 0 Å². The summed E-state index contributed by atoms with van der Waals surface area (Å²) in [5.74, 6) is 0.147. The van der Waals surface area contributed by atoms with Crippen LogP contribution in [-0.4, -0.2) is 5.78 Å². The molecule has 0 saturated carbocycles. The van der Waals surface area contributed by atoms with Gasteiger partial charge < -0.3 is 0 Å². The predicted octanol–water partition coefficient (Wildman–Crippen LogP) is 3.86. The minimum atomic E-state index is -0.0638. The molecule has 0 radical (unpaired) electrons. The van der Waals surface area contributed by atoms with E-state index in [-0.39, 0.29) is 11.7 Å². The van der Waals surface area contributed by atoms with Crippen LogP contribution in [0, 0.1) is 0 Å². The number of hydrogen-bond donors (Lipinski definition) is 0. The standard InChI is InChI=1S/C15H11ClO/c16-12-6-3-5-10(8-12)14-9-11-4-1-2-7-13(11)15(14)17/h1-8,14H,9H2. The molecule has 0 amide bonds. The second-order valence-corrected chi connectivity index (χ2v) is 4.77. The van der Waals surface area contributed by atoms with Crippen molar-refractivity contribution in [1.82, 2.24) is 0 Å². The number of hydrogen-bond acceptors (Lipinski definition) is 1. The SMILES string of the molecule is O=C1c2ccccc2CC1c1cccc(Cl)c1. The molecule has 0 fully saturated rings. The first kappa shape index (κ1) is 10.5. The van der Waals surface area contributed by atoms with Crippen molar-refractivity contribution in [2.75, 3.05) is 0 Å². The molecule has 0 aliphatic heterocycles. The molecule has 2 aromatic carbocycles. The molecule has 2 heteroatoms. The van der Waals surface area contributed by atoms with E-state index in [9.17, 15) is 4.79 Å². The molecule has 2 aromatic rings. The van der Waals surface area contributed by atoms with E-state index < -0.39 is 0 Å². The van der Waals surface area contributed by atoms with E-state index in [0.717, 1.165) is 23.1 Å². The quantitative estimate of drug-likeness (QED) is 0.742. The highest BCUT2D eigenvalue weighted by Gasteiger charge is 2.31. The van der Waals surface area contributed by atoms with Gasteiger partial charge in [0.15, 0.2) is 5.78 Å². The number of benzene rings is 2. The van der Waals surface area contributed by atoms with E-state index in [1.165, 1.54) is 0 Å². The summed E-state index contributed by atoms with van der Waals surface area (Å²) in [6, 6.07) is 15.4. The lowest BCUT2D eigenvalue weighted by molar-refractivity contribution is 0.0973. The molecule has 0 heterocycles. The summed E-state index contributed by atoms with van der Waals surface area (Å²) in [4.78, 5) is 12.3. The molecule has 0 saturated heterocycles. The van der Waals surface area contributed by atoms with Crippen LogP contribution in [-0.2, 0) is 6.42 Å². The van der Waals surface area contributed by atoms with Gasteiger partial charge in [-0.05, 0) is 29.7 Å². The Bertz CT molecular complexity index is 589. The average Bonchev–Trinajstić information content (AvgIpc) is 2.68. The van der Waals surface area contributed by atoms with Crippen LogP contribution in [0.2, 0.25) is 5.02 Å². The molecule has 0 bridgehead atoms. The summed E-state index contributed by atoms with van der Waals surface area (Å²) in [6.45, 7) is 0. The maximum absolute atomic E-state index is 12.3. The molecule has 84 valence electrons. The topological polar surface area (TPSA) is 17.1 Å². The summed E-state index contributed by atoms with van der Waals surface area (Å²) in [5, 5.41) is 0.686. The van der Waals surface area contributed by atoms with Crippen LogP contribution in [0.25, 0.3) is 0 Å². The van der Waals surface area contributed by atoms with Crippen molar-refractivity contribution >= 4 is 17.4 Å². The van der Waals surface area contributed by atoms with E-state index in [1.807, 2.05) is 48.5 Å². The van der Waals surface area contributed by atoms with Gasteiger partial charge in [0.1, 0.15) is 0 Å². The Morgan fingerprint density at radius 1 is 1.06 bits per heavy atom. The van der Waals surface area contributed by atoms with Gasteiger partial charge in [-0.1, -0.05) is 48.0 Å². The Balaban J connectivity index is 2.02. The summed E-state index contributed by atoms with van der Waals surface area (Å²) in [6.07, 6.45) is 0.787. The first-order valence-corrected chi connectivity index (χ1v) is 6.01. The van der Waals surface area contributed by atoms with E-state index in [0.29, 0.717) is 5.02 Å². The zero-order valence-electron chi connectivity index (χ0n) is 9.19. The van der Waals surface area contributed by atoms with Gasteiger partial charge in [0.25, 0.3) is 0 Å². The van der Waals surface area contributed by atoms with Gasteiger partial charge in [-0.2, -0.15) is 0 Å². The molecule has 1 atom stereocenters. The van der Waals surface area contributed by atoms with Crippen LogP contribution in [0.5, 0.6) is 0 Å². The second-order valence-electron chi connectivity index (χ2n) is 4.33. The number of Topliss-reactive ketones (excluding diaryl/α,β-unsaturated/α-hetero) is 1. The Morgan fingerprint density at radius 3 is 2.65 bits per heavy atom. The first-order chi connectivity index (χ1) is 8.25. The van der Waals surface area contributed by atoms with Crippen molar-refractivity contribution in [2.24, 2.45) is 0 Å². The first-order valence-electron chi connectivity index (χ1n) is 5.63.